The third-order valence-electron chi connectivity index (χ3n) is 3.95. The van der Waals surface area contributed by atoms with E-state index < -0.39 is 0 Å². The first-order valence-electron chi connectivity index (χ1n) is 7.69. The zero-order valence-corrected chi connectivity index (χ0v) is 15.7. The number of aryl methyl sites for hydroxylation is 2. The smallest absolute Gasteiger partial charge is 0.191 e. The minimum atomic E-state index is 0. The van der Waals surface area contributed by atoms with Crippen molar-refractivity contribution in [3.63, 3.8) is 0 Å². The molecule has 2 rings (SSSR count). The van der Waals surface area contributed by atoms with Crippen molar-refractivity contribution in [3.8, 4) is 0 Å². The number of aliphatic imine (C=N–C) groups is 1. The lowest BCUT2D eigenvalue weighted by atomic mass is 10.1. The van der Waals surface area contributed by atoms with Gasteiger partial charge >= 0.3 is 0 Å². The van der Waals surface area contributed by atoms with Crippen LogP contribution in [0.25, 0.3) is 0 Å². The summed E-state index contributed by atoms with van der Waals surface area (Å²) in [6.07, 6.45) is 5.50. The summed E-state index contributed by atoms with van der Waals surface area (Å²) in [5, 5.41) is 6.78. The molecule has 1 fully saturated rings. The number of nitrogens with one attached hydrogen (secondary N) is 2. The molecule has 1 aromatic rings. The van der Waals surface area contributed by atoms with E-state index in [0.29, 0.717) is 0 Å². The average Bonchev–Trinajstić information content (AvgIpc) is 3.24. The maximum atomic E-state index is 4.28. The quantitative estimate of drug-likeness (QED) is 0.330. The van der Waals surface area contributed by atoms with Crippen LogP contribution in [0.4, 0.5) is 0 Å². The largest absolute Gasteiger partial charge is 0.356 e. The standard InChI is InChI=1S/C17H27N3.HI/c1-13-6-9-16(14(2)11-13)12-20-17(18-3)19-10-4-5-15-7-8-15;/h6,9,11,15H,4-5,7-8,10,12H2,1-3H3,(H2,18,19,20);1H. The molecule has 1 aliphatic rings. The van der Waals surface area contributed by atoms with Gasteiger partial charge in [-0.15, -0.1) is 24.0 Å². The maximum absolute atomic E-state index is 4.28. The topological polar surface area (TPSA) is 36.4 Å². The van der Waals surface area contributed by atoms with Crippen molar-refractivity contribution in [1.82, 2.24) is 10.6 Å². The van der Waals surface area contributed by atoms with Crippen molar-refractivity contribution in [2.24, 2.45) is 10.9 Å². The summed E-state index contributed by atoms with van der Waals surface area (Å²) < 4.78 is 0. The predicted molar refractivity (Wildman–Crippen MR) is 101 cm³/mol. The Hall–Kier alpha value is -0.780. The second kappa shape index (κ2) is 9.28. The zero-order valence-electron chi connectivity index (χ0n) is 13.4. The Morgan fingerprint density at radius 2 is 2.00 bits per heavy atom. The van der Waals surface area contributed by atoms with Crippen molar-refractivity contribution in [2.75, 3.05) is 13.6 Å². The predicted octanol–water partition coefficient (Wildman–Crippen LogP) is 3.78. The molecule has 3 nitrogen and oxygen atoms in total. The molecule has 0 bridgehead atoms. The van der Waals surface area contributed by atoms with Gasteiger partial charge in [-0.2, -0.15) is 0 Å². The molecule has 2 N–H and O–H groups in total. The molecule has 0 atom stereocenters. The molecule has 1 saturated carbocycles. The fraction of sp³-hybridized carbons (Fsp3) is 0.588. The molecule has 0 unspecified atom stereocenters. The second-order valence-electron chi connectivity index (χ2n) is 5.87. The van der Waals surface area contributed by atoms with Crippen LogP contribution in [-0.2, 0) is 6.54 Å². The van der Waals surface area contributed by atoms with Gasteiger partial charge in [0.1, 0.15) is 0 Å². The van der Waals surface area contributed by atoms with Crippen molar-refractivity contribution in [3.05, 3.63) is 34.9 Å². The highest BCUT2D eigenvalue weighted by Gasteiger charge is 2.19. The van der Waals surface area contributed by atoms with Crippen molar-refractivity contribution in [2.45, 2.75) is 46.1 Å². The highest BCUT2D eigenvalue weighted by atomic mass is 127. The molecule has 1 aliphatic carbocycles. The van der Waals surface area contributed by atoms with Crippen LogP contribution in [0.1, 0.15) is 42.4 Å². The SMILES string of the molecule is CN=C(NCCCC1CC1)NCc1ccc(C)cc1C.I. The fourth-order valence-corrected chi connectivity index (χ4v) is 2.45. The molecule has 0 aliphatic heterocycles. The van der Waals surface area contributed by atoms with Gasteiger partial charge in [-0.1, -0.05) is 36.6 Å². The number of rotatable bonds is 6. The lowest BCUT2D eigenvalue weighted by Crippen LogP contribution is -2.37. The molecule has 21 heavy (non-hydrogen) atoms. The molecule has 0 saturated heterocycles. The molecular formula is C17H28IN3. The van der Waals surface area contributed by atoms with Crippen LogP contribution in [0.2, 0.25) is 0 Å². The van der Waals surface area contributed by atoms with Crippen LogP contribution < -0.4 is 10.6 Å². The third kappa shape index (κ3) is 6.68. The van der Waals surface area contributed by atoms with E-state index in [1.54, 1.807) is 0 Å². The Labute approximate surface area is 146 Å². The van der Waals surface area contributed by atoms with Gasteiger partial charge in [0.25, 0.3) is 0 Å². The third-order valence-corrected chi connectivity index (χ3v) is 3.95. The normalized spacial score (nSPS) is 14.5. The lowest BCUT2D eigenvalue weighted by Gasteiger charge is -2.13. The fourth-order valence-electron chi connectivity index (χ4n) is 2.45. The van der Waals surface area contributed by atoms with Crippen LogP contribution in [-0.4, -0.2) is 19.6 Å². The van der Waals surface area contributed by atoms with Crippen molar-refractivity contribution >= 4 is 29.9 Å². The highest BCUT2D eigenvalue weighted by molar-refractivity contribution is 14.0. The summed E-state index contributed by atoms with van der Waals surface area (Å²) in [7, 11) is 1.83. The first kappa shape index (κ1) is 18.3. The molecule has 0 aromatic heterocycles. The second-order valence-corrected chi connectivity index (χ2v) is 5.87. The van der Waals surface area contributed by atoms with Crippen molar-refractivity contribution < 1.29 is 0 Å². The van der Waals surface area contributed by atoms with E-state index >= 15 is 0 Å². The van der Waals surface area contributed by atoms with Crippen molar-refractivity contribution in [1.29, 1.82) is 0 Å². The molecule has 0 amide bonds. The van der Waals surface area contributed by atoms with Crippen LogP contribution >= 0.6 is 24.0 Å². The number of guanidine groups is 1. The maximum Gasteiger partial charge on any atom is 0.191 e. The van der Waals surface area contributed by atoms with E-state index in [-0.39, 0.29) is 24.0 Å². The molecule has 118 valence electrons. The van der Waals surface area contributed by atoms with Gasteiger partial charge in [-0.05, 0) is 43.7 Å². The van der Waals surface area contributed by atoms with E-state index in [1.165, 1.54) is 42.4 Å². The zero-order chi connectivity index (χ0) is 14.4. The van der Waals surface area contributed by atoms with E-state index in [1.807, 2.05) is 7.05 Å². The summed E-state index contributed by atoms with van der Waals surface area (Å²) in [6.45, 7) is 6.14. The first-order valence-corrected chi connectivity index (χ1v) is 7.69. The van der Waals surface area contributed by atoms with Gasteiger partial charge in [-0.3, -0.25) is 4.99 Å². The van der Waals surface area contributed by atoms with Crippen LogP contribution in [0.3, 0.4) is 0 Å². The van der Waals surface area contributed by atoms with E-state index in [9.17, 15) is 0 Å². The number of hydrogen-bond acceptors (Lipinski definition) is 1. The van der Waals surface area contributed by atoms with E-state index in [2.05, 4.69) is 47.7 Å². The Morgan fingerprint density at radius 3 is 2.62 bits per heavy atom. The van der Waals surface area contributed by atoms with E-state index in [0.717, 1.165) is 25.0 Å². The number of halogens is 1. The summed E-state index contributed by atoms with van der Waals surface area (Å²) in [4.78, 5) is 4.28. The number of benzene rings is 1. The molecule has 0 radical (unpaired) electrons. The molecular weight excluding hydrogens is 373 g/mol. The molecule has 0 heterocycles. The van der Waals surface area contributed by atoms with Gasteiger partial charge in [-0.25, -0.2) is 0 Å². The number of hydrogen-bond donors (Lipinski definition) is 2. The average molecular weight is 401 g/mol. The van der Waals surface area contributed by atoms with Crippen LogP contribution in [0.15, 0.2) is 23.2 Å². The number of nitrogens with zero attached hydrogens (tertiary/aromatic N) is 1. The minimum Gasteiger partial charge on any atom is -0.356 e. The Kier molecular flexibility index (Phi) is 8.07. The summed E-state index contributed by atoms with van der Waals surface area (Å²) >= 11 is 0. The molecule has 1 aromatic carbocycles. The molecule has 4 heteroatoms. The van der Waals surface area contributed by atoms with Gasteiger partial charge in [0.15, 0.2) is 5.96 Å². The van der Waals surface area contributed by atoms with Crippen LogP contribution in [0, 0.1) is 19.8 Å². The molecule has 0 spiro atoms. The van der Waals surface area contributed by atoms with Gasteiger partial charge in [0, 0.05) is 20.1 Å². The Bertz CT molecular complexity index is 467. The summed E-state index contributed by atoms with van der Waals surface area (Å²) in [5.74, 6) is 1.92. The van der Waals surface area contributed by atoms with Gasteiger partial charge in [0.2, 0.25) is 0 Å². The Balaban J connectivity index is 0.00000220. The van der Waals surface area contributed by atoms with Gasteiger partial charge in [0.05, 0.1) is 0 Å². The van der Waals surface area contributed by atoms with E-state index in [4.69, 9.17) is 0 Å². The lowest BCUT2D eigenvalue weighted by molar-refractivity contribution is 0.644. The monoisotopic (exact) mass is 401 g/mol. The van der Waals surface area contributed by atoms with Gasteiger partial charge < -0.3 is 10.6 Å². The summed E-state index contributed by atoms with van der Waals surface area (Å²) in [5.41, 5.74) is 3.98. The van der Waals surface area contributed by atoms with Crippen LogP contribution in [0.5, 0.6) is 0 Å². The minimum absolute atomic E-state index is 0. The highest BCUT2D eigenvalue weighted by Crippen LogP contribution is 2.33. The first-order chi connectivity index (χ1) is 9.69. The Morgan fingerprint density at radius 1 is 1.24 bits per heavy atom. The summed E-state index contributed by atoms with van der Waals surface area (Å²) in [6, 6.07) is 6.58.